The van der Waals surface area contributed by atoms with E-state index in [-0.39, 0.29) is 0 Å². The predicted molar refractivity (Wildman–Crippen MR) is 77.4 cm³/mol. The minimum atomic E-state index is 0.758. The molecule has 0 bridgehead atoms. The number of aryl methyl sites for hydroxylation is 1. The molecule has 1 N–H and O–H groups in total. The molecule has 1 aromatic carbocycles. The molecule has 1 heterocycles. The third-order valence-corrected chi connectivity index (χ3v) is 3.06. The Labute approximate surface area is 114 Å². The smallest absolute Gasteiger partial charge is 0.0945 e. The first-order valence-electron chi connectivity index (χ1n) is 6.66. The van der Waals surface area contributed by atoms with Crippen LogP contribution in [0.2, 0.25) is 0 Å². The van der Waals surface area contributed by atoms with E-state index in [1.807, 2.05) is 18.7 Å². The monoisotopic (exact) mass is 259 g/mol. The topological polar surface area (TPSA) is 39.1 Å². The number of hydrogen-bond donors (Lipinski definition) is 1. The number of nitrogens with zero attached hydrogens (tertiary/aromatic N) is 2. The normalized spacial score (nSPS) is 10.6. The van der Waals surface area contributed by atoms with E-state index >= 15 is 0 Å². The molecule has 19 heavy (non-hydrogen) atoms. The number of rotatable bonds is 8. The summed E-state index contributed by atoms with van der Waals surface area (Å²) in [6, 6.07) is 8.41. The fourth-order valence-corrected chi connectivity index (χ4v) is 2.03. The van der Waals surface area contributed by atoms with Crippen molar-refractivity contribution in [1.29, 1.82) is 0 Å². The summed E-state index contributed by atoms with van der Waals surface area (Å²) in [4.78, 5) is 4.04. The molecule has 0 unspecified atom stereocenters. The Morgan fingerprint density at radius 2 is 2.21 bits per heavy atom. The standard InChI is InChI=1S/C15H21N3O/c1-19-12-7-14-5-2-3-6-15(14)17-8-4-10-18-11-9-16-13-18/h2-3,5-6,9,11,13,17H,4,7-8,10,12H2,1H3. The zero-order chi connectivity index (χ0) is 13.3. The zero-order valence-electron chi connectivity index (χ0n) is 11.4. The SMILES string of the molecule is COCCc1ccccc1NCCCn1ccnc1. The van der Waals surface area contributed by atoms with E-state index in [4.69, 9.17) is 4.74 Å². The zero-order valence-corrected chi connectivity index (χ0v) is 11.4. The number of methoxy groups -OCH3 is 1. The average Bonchev–Trinajstić information content (AvgIpc) is 2.95. The van der Waals surface area contributed by atoms with Crippen molar-refractivity contribution in [2.45, 2.75) is 19.4 Å². The van der Waals surface area contributed by atoms with Gasteiger partial charge in [0.15, 0.2) is 0 Å². The van der Waals surface area contributed by atoms with Gasteiger partial charge in [-0.3, -0.25) is 0 Å². The molecule has 4 nitrogen and oxygen atoms in total. The quantitative estimate of drug-likeness (QED) is 0.741. The van der Waals surface area contributed by atoms with Crippen molar-refractivity contribution in [2.24, 2.45) is 0 Å². The van der Waals surface area contributed by atoms with Gasteiger partial charge in [-0.05, 0) is 24.5 Å². The van der Waals surface area contributed by atoms with E-state index in [0.29, 0.717) is 0 Å². The first-order valence-corrected chi connectivity index (χ1v) is 6.66. The van der Waals surface area contributed by atoms with Gasteiger partial charge >= 0.3 is 0 Å². The minimum absolute atomic E-state index is 0.758. The molecule has 0 saturated carbocycles. The molecule has 4 heteroatoms. The fraction of sp³-hybridized carbons (Fsp3) is 0.400. The summed E-state index contributed by atoms with van der Waals surface area (Å²) < 4.78 is 7.23. The molecule has 0 aliphatic rings. The molecule has 0 spiro atoms. The van der Waals surface area contributed by atoms with Gasteiger partial charge in [0.25, 0.3) is 0 Å². The largest absolute Gasteiger partial charge is 0.385 e. The maximum absolute atomic E-state index is 5.14. The van der Waals surface area contributed by atoms with Gasteiger partial charge < -0.3 is 14.6 Å². The van der Waals surface area contributed by atoms with Gasteiger partial charge in [0.1, 0.15) is 0 Å². The van der Waals surface area contributed by atoms with Crippen molar-refractivity contribution in [3.63, 3.8) is 0 Å². The number of ether oxygens (including phenoxy) is 1. The summed E-state index contributed by atoms with van der Waals surface area (Å²) >= 11 is 0. The second kappa shape index (κ2) is 7.59. The molecule has 0 fully saturated rings. The van der Waals surface area contributed by atoms with Crippen LogP contribution < -0.4 is 5.32 Å². The van der Waals surface area contributed by atoms with Gasteiger partial charge in [-0.1, -0.05) is 18.2 Å². The highest BCUT2D eigenvalue weighted by Gasteiger charge is 2.00. The highest BCUT2D eigenvalue weighted by atomic mass is 16.5. The van der Waals surface area contributed by atoms with Crippen LogP contribution in [0.3, 0.4) is 0 Å². The van der Waals surface area contributed by atoms with Crippen LogP contribution in [-0.2, 0) is 17.7 Å². The third-order valence-electron chi connectivity index (χ3n) is 3.06. The minimum Gasteiger partial charge on any atom is -0.385 e. The van der Waals surface area contributed by atoms with Crippen LogP contribution in [-0.4, -0.2) is 29.8 Å². The Morgan fingerprint density at radius 3 is 3.00 bits per heavy atom. The van der Waals surface area contributed by atoms with Gasteiger partial charge in [-0.25, -0.2) is 4.98 Å². The lowest BCUT2D eigenvalue weighted by molar-refractivity contribution is 0.202. The molecule has 0 aliphatic carbocycles. The molecule has 102 valence electrons. The van der Waals surface area contributed by atoms with E-state index in [0.717, 1.165) is 32.5 Å². The predicted octanol–water partition coefficient (Wildman–Crippen LogP) is 2.57. The Balaban J connectivity index is 1.78. The Bertz CT molecular complexity index is 468. The lowest BCUT2D eigenvalue weighted by Crippen LogP contribution is -2.08. The van der Waals surface area contributed by atoms with E-state index in [2.05, 4.69) is 39.1 Å². The molecule has 2 rings (SSSR count). The first kappa shape index (κ1) is 13.6. The first-order chi connectivity index (χ1) is 9.40. The van der Waals surface area contributed by atoms with Crippen LogP contribution in [0, 0.1) is 0 Å². The molecule has 2 aromatic rings. The van der Waals surface area contributed by atoms with E-state index in [1.165, 1.54) is 11.3 Å². The van der Waals surface area contributed by atoms with Crippen molar-refractivity contribution < 1.29 is 4.74 Å². The number of para-hydroxylation sites is 1. The number of anilines is 1. The summed E-state index contributed by atoms with van der Waals surface area (Å²) in [6.07, 6.45) is 7.68. The van der Waals surface area contributed by atoms with E-state index in [1.54, 1.807) is 7.11 Å². The van der Waals surface area contributed by atoms with Crippen molar-refractivity contribution in [2.75, 3.05) is 25.6 Å². The van der Waals surface area contributed by atoms with Gasteiger partial charge in [0, 0.05) is 38.3 Å². The van der Waals surface area contributed by atoms with Gasteiger partial charge in [-0.15, -0.1) is 0 Å². The van der Waals surface area contributed by atoms with Crippen LogP contribution >= 0.6 is 0 Å². The highest BCUT2D eigenvalue weighted by Crippen LogP contribution is 2.15. The maximum atomic E-state index is 5.14. The Morgan fingerprint density at radius 1 is 1.32 bits per heavy atom. The molecule has 0 atom stereocenters. The van der Waals surface area contributed by atoms with Crippen LogP contribution in [0.5, 0.6) is 0 Å². The molecule has 0 saturated heterocycles. The van der Waals surface area contributed by atoms with Crippen molar-refractivity contribution in [3.05, 3.63) is 48.5 Å². The summed E-state index contributed by atoms with van der Waals surface area (Å²) in [5.74, 6) is 0. The van der Waals surface area contributed by atoms with E-state index < -0.39 is 0 Å². The lowest BCUT2D eigenvalue weighted by atomic mass is 10.1. The van der Waals surface area contributed by atoms with Crippen LogP contribution in [0.4, 0.5) is 5.69 Å². The summed E-state index contributed by atoms with van der Waals surface area (Å²) in [6.45, 7) is 2.71. The van der Waals surface area contributed by atoms with Crippen LogP contribution in [0.15, 0.2) is 43.0 Å². The third kappa shape index (κ3) is 4.41. The van der Waals surface area contributed by atoms with Crippen molar-refractivity contribution in [1.82, 2.24) is 9.55 Å². The maximum Gasteiger partial charge on any atom is 0.0945 e. The molecular weight excluding hydrogens is 238 g/mol. The van der Waals surface area contributed by atoms with Gasteiger partial charge in [-0.2, -0.15) is 0 Å². The molecule has 0 aliphatic heterocycles. The molecule has 1 aromatic heterocycles. The Kier molecular flexibility index (Phi) is 5.44. The Hall–Kier alpha value is -1.81. The van der Waals surface area contributed by atoms with Gasteiger partial charge in [0.2, 0.25) is 0 Å². The summed E-state index contributed by atoms with van der Waals surface area (Å²) in [7, 11) is 1.74. The van der Waals surface area contributed by atoms with E-state index in [9.17, 15) is 0 Å². The van der Waals surface area contributed by atoms with Crippen LogP contribution in [0.1, 0.15) is 12.0 Å². The molecular formula is C15H21N3O. The summed E-state index contributed by atoms with van der Waals surface area (Å²) in [5.41, 5.74) is 2.53. The second-order valence-corrected chi connectivity index (χ2v) is 4.48. The number of nitrogens with one attached hydrogen (secondary N) is 1. The fourth-order valence-electron chi connectivity index (χ4n) is 2.03. The number of imidazole rings is 1. The molecule has 0 amide bonds. The average molecular weight is 259 g/mol. The van der Waals surface area contributed by atoms with Gasteiger partial charge in [0.05, 0.1) is 12.9 Å². The number of hydrogen-bond acceptors (Lipinski definition) is 3. The van der Waals surface area contributed by atoms with Crippen LogP contribution in [0.25, 0.3) is 0 Å². The highest BCUT2D eigenvalue weighted by molar-refractivity contribution is 5.51. The number of benzene rings is 1. The molecule has 0 radical (unpaired) electrons. The second-order valence-electron chi connectivity index (χ2n) is 4.48. The van der Waals surface area contributed by atoms with Crippen molar-refractivity contribution in [3.8, 4) is 0 Å². The lowest BCUT2D eigenvalue weighted by Gasteiger charge is -2.12. The van der Waals surface area contributed by atoms with Crippen molar-refractivity contribution >= 4 is 5.69 Å². The summed E-state index contributed by atoms with van der Waals surface area (Å²) in [5, 5.41) is 3.50. The number of aromatic nitrogens is 2.